The van der Waals surface area contributed by atoms with Crippen LogP contribution in [0.2, 0.25) is 0 Å². The van der Waals surface area contributed by atoms with Gasteiger partial charge in [-0.2, -0.15) is 0 Å². The molecule has 6 heterocycles. The van der Waals surface area contributed by atoms with E-state index < -0.39 is 73.1 Å². The number of alkyl carbamates (subject to hydrolysis) is 2. The van der Waals surface area contributed by atoms with Gasteiger partial charge in [0.2, 0.25) is 11.8 Å². The number of aromatic amines is 2. The zero-order valence-electron chi connectivity index (χ0n) is 35.9. The lowest BCUT2D eigenvalue weighted by atomic mass is 10.0. The number of ether oxygens (including phenoxy) is 3. The minimum absolute atomic E-state index is 0.130. The lowest BCUT2D eigenvalue weighted by Crippen LogP contribution is -2.51. The Hall–Kier alpha value is -6.53. The number of nitrogens with one attached hydrogen (secondary N) is 4. The Bertz CT molecular complexity index is 2590. The summed E-state index contributed by atoms with van der Waals surface area (Å²) >= 11 is 0. The number of benzene rings is 2. The molecule has 5 aromatic rings. The minimum Gasteiger partial charge on any atom is -0.470 e. The molecule has 2 aromatic carbocycles. The van der Waals surface area contributed by atoms with Crippen molar-refractivity contribution in [2.45, 2.75) is 90.2 Å². The van der Waals surface area contributed by atoms with Crippen molar-refractivity contribution in [3.05, 3.63) is 66.3 Å². The normalized spacial score (nSPS) is 20.0. The van der Waals surface area contributed by atoms with Crippen LogP contribution >= 0.6 is 0 Å². The van der Waals surface area contributed by atoms with Crippen molar-refractivity contribution in [2.75, 3.05) is 27.3 Å². The van der Waals surface area contributed by atoms with E-state index in [-0.39, 0.29) is 23.7 Å². The number of nitrogens with zero attached hydrogens (tertiary/aromatic N) is 5. The summed E-state index contributed by atoms with van der Waals surface area (Å²) in [6.45, 7) is 8.58. The summed E-state index contributed by atoms with van der Waals surface area (Å²) in [4.78, 5) is 69.6. The zero-order valence-corrected chi connectivity index (χ0v) is 35.9. The second-order valence-corrected chi connectivity index (χ2v) is 17.0. The molecule has 334 valence electrons. The maximum Gasteiger partial charge on any atom is 0.407 e. The quantitative estimate of drug-likeness (QED) is 0.110. The number of carbonyl (C=O) groups is 4. The number of hydrogen-bond acceptors (Lipinski definition) is 9. The molecule has 3 aliphatic rings. The van der Waals surface area contributed by atoms with E-state index >= 15 is 4.39 Å². The molecule has 3 aliphatic heterocycles. The topological polar surface area (TPSA) is 189 Å². The van der Waals surface area contributed by atoms with E-state index in [9.17, 15) is 28.0 Å². The van der Waals surface area contributed by atoms with Gasteiger partial charge in [-0.3, -0.25) is 9.59 Å². The molecule has 16 nitrogen and oxygen atoms in total. The van der Waals surface area contributed by atoms with Crippen LogP contribution in [0.1, 0.15) is 83.8 Å². The molecule has 0 aliphatic carbocycles. The first-order valence-corrected chi connectivity index (χ1v) is 20.9. The fourth-order valence-corrected chi connectivity index (χ4v) is 8.96. The zero-order chi connectivity index (χ0) is 45.1. The molecule has 0 saturated carbocycles. The first-order chi connectivity index (χ1) is 30.0. The van der Waals surface area contributed by atoms with Crippen molar-refractivity contribution in [1.82, 2.24) is 44.9 Å². The fourth-order valence-electron chi connectivity index (χ4n) is 8.96. The summed E-state index contributed by atoms with van der Waals surface area (Å²) in [5.74, 6) is -3.97. The third kappa shape index (κ3) is 7.92. The van der Waals surface area contributed by atoms with Gasteiger partial charge in [-0.15, -0.1) is 0 Å². The van der Waals surface area contributed by atoms with Crippen LogP contribution in [0.3, 0.4) is 0 Å². The summed E-state index contributed by atoms with van der Waals surface area (Å²) in [6, 6.07) is 7.35. The molecular formula is C44H50F3N9O7. The van der Waals surface area contributed by atoms with Crippen molar-refractivity contribution in [1.29, 1.82) is 0 Å². The van der Waals surface area contributed by atoms with Gasteiger partial charge in [0.15, 0.2) is 12.0 Å². The Morgan fingerprint density at radius 1 is 0.841 bits per heavy atom. The van der Waals surface area contributed by atoms with Gasteiger partial charge in [0.1, 0.15) is 29.5 Å². The van der Waals surface area contributed by atoms with Crippen LogP contribution in [-0.2, 0) is 19.1 Å². The number of carbonyl (C=O) groups excluding carboxylic acids is 4. The number of fused-ring (bicyclic) bond motifs is 5. The highest BCUT2D eigenvalue weighted by Gasteiger charge is 2.50. The molecule has 2 fully saturated rings. The van der Waals surface area contributed by atoms with E-state index in [1.165, 1.54) is 13.3 Å². The molecule has 3 aromatic heterocycles. The van der Waals surface area contributed by atoms with E-state index in [1.807, 2.05) is 32.9 Å². The predicted molar refractivity (Wildman–Crippen MR) is 224 cm³/mol. The molecule has 2 saturated heterocycles. The van der Waals surface area contributed by atoms with Gasteiger partial charge in [0.25, 0.3) is 5.92 Å². The van der Waals surface area contributed by atoms with Crippen LogP contribution < -0.4 is 15.4 Å². The van der Waals surface area contributed by atoms with Crippen molar-refractivity contribution >= 4 is 34.9 Å². The molecule has 1 unspecified atom stereocenters. The molecular weight excluding hydrogens is 824 g/mol. The highest BCUT2D eigenvalue weighted by atomic mass is 19.3. The van der Waals surface area contributed by atoms with Gasteiger partial charge in [-0.25, -0.2) is 32.7 Å². The molecule has 4 amide bonds. The van der Waals surface area contributed by atoms with Gasteiger partial charge >= 0.3 is 12.2 Å². The van der Waals surface area contributed by atoms with E-state index in [0.717, 1.165) is 24.0 Å². The number of halogens is 3. The van der Waals surface area contributed by atoms with Gasteiger partial charge in [-0.1, -0.05) is 39.8 Å². The molecule has 63 heavy (non-hydrogen) atoms. The molecule has 8 rings (SSSR count). The molecule has 4 N–H and O–H groups in total. The number of hydrogen-bond donors (Lipinski definition) is 4. The Morgan fingerprint density at radius 2 is 1.41 bits per heavy atom. The second kappa shape index (κ2) is 16.6. The largest absolute Gasteiger partial charge is 0.470 e. The van der Waals surface area contributed by atoms with Gasteiger partial charge in [0.05, 0.1) is 67.8 Å². The van der Waals surface area contributed by atoms with Crippen molar-refractivity contribution in [3.63, 3.8) is 0 Å². The highest BCUT2D eigenvalue weighted by molar-refractivity contribution is 5.93. The summed E-state index contributed by atoms with van der Waals surface area (Å²) in [5, 5.41) is 5.43. The van der Waals surface area contributed by atoms with Crippen molar-refractivity contribution in [3.8, 4) is 39.5 Å². The Labute approximate surface area is 360 Å². The number of methoxy groups -OCH3 is 2. The Balaban J connectivity index is 1.05. The second-order valence-electron chi connectivity index (χ2n) is 17.0. The van der Waals surface area contributed by atoms with Gasteiger partial charge < -0.3 is 49.2 Å². The Kier molecular flexibility index (Phi) is 11.4. The first kappa shape index (κ1) is 43.1. The Morgan fingerprint density at radius 3 is 2.02 bits per heavy atom. The van der Waals surface area contributed by atoms with E-state index in [0.29, 0.717) is 63.7 Å². The molecule has 0 radical (unpaired) electrons. The third-order valence-electron chi connectivity index (χ3n) is 12.2. The maximum absolute atomic E-state index is 16.7. The average molecular weight is 874 g/mol. The van der Waals surface area contributed by atoms with Crippen LogP contribution in [0.15, 0.2) is 48.8 Å². The number of alkyl halides is 2. The van der Waals surface area contributed by atoms with E-state index in [1.54, 1.807) is 53.8 Å². The first-order valence-electron chi connectivity index (χ1n) is 20.9. The number of amides is 4. The van der Waals surface area contributed by atoms with Gasteiger partial charge in [0, 0.05) is 35.0 Å². The molecule has 5 atom stereocenters. The molecule has 0 spiro atoms. The van der Waals surface area contributed by atoms with Crippen LogP contribution in [0, 0.1) is 17.7 Å². The smallest absolute Gasteiger partial charge is 0.407 e. The monoisotopic (exact) mass is 873 g/mol. The fraction of sp³-hybridized carbons (Fsp3) is 0.455. The summed E-state index contributed by atoms with van der Waals surface area (Å²) in [7, 11) is 2.41. The molecule has 19 heteroatoms. The number of H-pyrrole nitrogens is 2. The minimum atomic E-state index is -3.20. The van der Waals surface area contributed by atoms with Crippen LogP contribution in [0.5, 0.6) is 5.75 Å². The van der Waals surface area contributed by atoms with E-state index in [2.05, 4.69) is 35.3 Å². The summed E-state index contributed by atoms with van der Waals surface area (Å²) in [6.07, 6.45) is 1.81. The van der Waals surface area contributed by atoms with Crippen molar-refractivity contribution in [2.24, 2.45) is 11.8 Å². The maximum atomic E-state index is 16.7. The standard InChI is InChI=1S/C44H50F3N9O7/c1-21(2)35(52-42(59)61-6)40(57)54-14-8-9-31(54)38-48-19-29(50-38)25-10-12-26-33(16-25)63-23(5)56-30-13-11-24(15-27(30)34(45)37(26)56)28-18-49-39(51-28)32-17-44(46,47)20-55(32)41(58)36(22(3)4)53-43(60)62-7/h10-13,15-16,18-19,21-23,31-32,35-36H,8-9,14,17,20H2,1-7H3,(H,48,50)(H,49,51)(H,52,59)(H,53,60)/t23?,31-,32-,35-,36-/m0/s1. The van der Waals surface area contributed by atoms with Crippen LogP contribution in [-0.4, -0.2) is 104 Å². The van der Waals surface area contributed by atoms with E-state index in [4.69, 9.17) is 9.47 Å². The third-order valence-corrected chi connectivity index (χ3v) is 12.2. The van der Waals surface area contributed by atoms with Crippen LogP contribution in [0.4, 0.5) is 22.8 Å². The lowest BCUT2D eigenvalue weighted by molar-refractivity contribution is -0.137. The summed E-state index contributed by atoms with van der Waals surface area (Å²) in [5.41, 5.74) is 3.84. The van der Waals surface area contributed by atoms with Crippen molar-refractivity contribution < 1.29 is 46.6 Å². The van der Waals surface area contributed by atoms with Gasteiger partial charge in [-0.05, 0) is 55.9 Å². The number of rotatable bonds is 10. The number of likely N-dealkylation sites (tertiary alicyclic amines) is 2. The van der Waals surface area contributed by atoms with Crippen LogP contribution in [0.25, 0.3) is 44.7 Å². The number of aromatic nitrogens is 5. The summed E-state index contributed by atoms with van der Waals surface area (Å²) < 4.78 is 64.2. The number of imidazole rings is 2. The lowest BCUT2D eigenvalue weighted by Gasteiger charge is -2.30. The average Bonchev–Trinajstić information content (AvgIpc) is 4.11. The SMILES string of the molecule is COC(=O)N[C@H](C(=O)N1CCC[C@H]1c1ncc(-c2ccc3c(c2)OC(C)n2c-3c(F)c3cc(-c4cnc([C@@H]5CC(F)(F)CN5C(=O)[C@@H](NC(=O)OC)C(C)C)[nH]4)ccc32)[nH]1)C(C)C. The highest BCUT2D eigenvalue weighted by Crippen LogP contribution is 2.47. The predicted octanol–water partition coefficient (Wildman–Crippen LogP) is 7.47. The molecule has 0 bridgehead atoms.